The van der Waals surface area contributed by atoms with Gasteiger partial charge in [-0.15, -0.1) is 0 Å². The molecule has 0 aromatic heterocycles. The molecule has 0 atom stereocenters. The highest BCUT2D eigenvalue weighted by Crippen LogP contribution is 2.22. The number of benzene rings is 1. The predicted molar refractivity (Wildman–Crippen MR) is 81.3 cm³/mol. The Bertz CT molecular complexity index is 430. The van der Waals surface area contributed by atoms with Crippen LogP contribution >= 0.6 is 27.7 Å². The first-order valence-electron chi connectivity index (χ1n) is 6.29. The Morgan fingerprint density at radius 3 is 2.89 bits per heavy atom. The molecule has 0 saturated carbocycles. The molecule has 1 N–H and O–H groups in total. The first kappa shape index (κ1) is 13.9. The van der Waals surface area contributed by atoms with Crippen LogP contribution in [-0.2, 0) is 0 Å². The lowest BCUT2D eigenvalue weighted by Crippen LogP contribution is -2.31. The van der Waals surface area contributed by atoms with E-state index in [1.807, 2.05) is 36.9 Å². The first-order chi connectivity index (χ1) is 8.66. The summed E-state index contributed by atoms with van der Waals surface area (Å²) in [4.78, 5) is 12.1. The van der Waals surface area contributed by atoms with Gasteiger partial charge in [-0.2, -0.15) is 11.8 Å². The average Bonchev–Trinajstić information content (AvgIpc) is 2.40. The van der Waals surface area contributed by atoms with Crippen molar-refractivity contribution in [2.75, 3.05) is 18.1 Å². The summed E-state index contributed by atoms with van der Waals surface area (Å²) >= 11 is 5.45. The van der Waals surface area contributed by atoms with Crippen molar-refractivity contribution < 1.29 is 4.79 Å². The van der Waals surface area contributed by atoms with Crippen molar-refractivity contribution in [3.05, 3.63) is 33.8 Å². The summed E-state index contributed by atoms with van der Waals surface area (Å²) in [5.74, 6) is 3.14. The van der Waals surface area contributed by atoms with E-state index in [4.69, 9.17) is 0 Å². The molecule has 4 heteroatoms. The van der Waals surface area contributed by atoms with E-state index in [1.54, 1.807) is 0 Å². The molecule has 1 amide bonds. The van der Waals surface area contributed by atoms with E-state index in [9.17, 15) is 4.79 Å². The average molecular weight is 328 g/mol. The molecule has 0 aliphatic carbocycles. The zero-order valence-corrected chi connectivity index (χ0v) is 12.9. The number of carbonyl (C=O) groups is 1. The summed E-state index contributed by atoms with van der Waals surface area (Å²) < 4.78 is 0.866. The summed E-state index contributed by atoms with van der Waals surface area (Å²) in [6, 6.07) is 5.86. The largest absolute Gasteiger partial charge is 0.352 e. The second kappa shape index (κ2) is 6.62. The van der Waals surface area contributed by atoms with Crippen LogP contribution in [0.15, 0.2) is 22.7 Å². The number of hydrogen-bond donors (Lipinski definition) is 1. The van der Waals surface area contributed by atoms with Crippen LogP contribution in [0.1, 0.15) is 28.8 Å². The van der Waals surface area contributed by atoms with Crippen molar-refractivity contribution in [3.63, 3.8) is 0 Å². The van der Waals surface area contributed by atoms with E-state index >= 15 is 0 Å². The summed E-state index contributed by atoms with van der Waals surface area (Å²) in [5.41, 5.74) is 1.85. The Labute approximate surface area is 121 Å². The highest BCUT2D eigenvalue weighted by Gasteiger charge is 2.16. The molecule has 1 aliphatic rings. The highest BCUT2D eigenvalue weighted by molar-refractivity contribution is 9.10. The van der Waals surface area contributed by atoms with E-state index in [0.29, 0.717) is 5.92 Å². The number of aryl methyl sites for hydroxylation is 1. The molecule has 1 aromatic carbocycles. The van der Waals surface area contributed by atoms with Gasteiger partial charge in [-0.25, -0.2) is 0 Å². The number of halogens is 1. The molecule has 1 heterocycles. The second-order valence-corrected chi connectivity index (χ2v) is 6.83. The number of carbonyl (C=O) groups excluding carboxylic acids is 1. The predicted octanol–water partition coefficient (Wildman–Crippen LogP) is 3.63. The zero-order chi connectivity index (χ0) is 13.0. The minimum atomic E-state index is 0.0313. The fourth-order valence-electron chi connectivity index (χ4n) is 2.10. The van der Waals surface area contributed by atoms with Crippen molar-refractivity contribution >= 4 is 33.6 Å². The van der Waals surface area contributed by atoms with Crippen molar-refractivity contribution in [2.24, 2.45) is 5.92 Å². The minimum Gasteiger partial charge on any atom is -0.352 e. The van der Waals surface area contributed by atoms with Gasteiger partial charge < -0.3 is 5.32 Å². The number of thioether (sulfide) groups is 1. The normalized spacial score (nSPS) is 16.6. The quantitative estimate of drug-likeness (QED) is 0.918. The van der Waals surface area contributed by atoms with Crippen molar-refractivity contribution in [3.8, 4) is 0 Å². The van der Waals surface area contributed by atoms with Gasteiger partial charge in [0, 0.05) is 11.0 Å². The molecular weight excluding hydrogens is 310 g/mol. The smallest absolute Gasteiger partial charge is 0.252 e. The topological polar surface area (TPSA) is 29.1 Å². The third-order valence-corrected chi connectivity index (χ3v) is 5.00. The molecule has 18 heavy (non-hydrogen) atoms. The molecule has 2 nitrogen and oxygen atoms in total. The molecule has 0 spiro atoms. The number of nitrogens with one attached hydrogen (secondary N) is 1. The van der Waals surface area contributed by atoms with Crippen LogP contribution in [0, 0.1) is 12.8 Å². The second-order valence-electron chi connectivity index (χ2n) is 4.75. The van der Waals surface area contributed by atoms with E-state index < -0.39 is 0 Å². The SMILES string of the molecule is Cc1ccc(Br)c(C(=O)NCC2CCSCC2)c1. The Morgan fingerprint density at radius 1 is 1.44 bits per heavy atom. The zero-order valence-electron chi connectivity index (χ0n) is 10.5. The highest BCUT2D eigenvalue weighted by atomic mass is 79.9. The van der Waals surface area contributed by atoms with Gasteiger partial charge in [0.25, 0.3) is 5.91 Å². The Morgan fingerprint density at radius 2 is 2.17 bits per heavy atom. The minimum absolute atomic E-state index is 0.0313. The van der Waals surface area contributed by atoms with Crippen LogP contribution in [-0.4, -0.2) is 24.0 Å². The van der Waals surface area contributed by atoms with Crippen LogP contribution in [0.4, 0.5) is 0 Å². The molecule has 1 aliphatic heterocycles. The van der Waals surface area contributed by atoms with Gasteiger partial charge in [0.15, 0.2) is 0 Å². The fourth-order valence-corrected chi connectivity index (χ4v) is 3.73. The summed E-state index contributed by atoms with van der Waals surface area (Å²) in [7, 11) is 0. The standard InChI is InChI=1S/C14H18BrNOS/c1-10-2-3-13(15)12(8-10)14(17)16-9-11-4-6-18-7-5-11/h2-3,8,11H,4-7,9H2,1H3,(H,16,17). The Kier molecular flexibility index (Phi) is 5.13. The third-order valence-electron chi connectivity index (χ3n) is 3.26. The summed E-state index contributed by atoms with van der Waals surface area (Å²) in [6.07, 6.45) is 2.44. The summed E-state index contributed by atoms with van der Waals surface area (Å²) in [5, 5.41) is 3.06. The van der Waals surface area contributed by atoms with Crippen molar-refractivity contribution in [1.29, 1.82) is 0 Å². The van der Waals surface area contributed by atoms with E-state index in [0.717, 1.165) is 22.1 Å². The van der Waals surface area contributed by atoms with Gasteiger partial charge in [-0.3, -0.25) is 4.79 Å². The third kappa shape index (κ3) is 3.75. The fraction of sp³-hybridized carbons (Fsp3) is 0.500. The Hall–Kier alpha value is -0.480. The maximum Gasteiger partial charge on any atom is 0.252 e. The van der Waals surface area contributed by atoms with Gasteiger partial charge in [0.1, 0.15) is 0 Å². The van der Waals surface area contributed by atoms with Gasteiger partial charge in [-0.1, -0.05) is 11.6 Å². The van der Waals surface area contributed by atoms with Gasteiger partial charge in [-0.05, 0) is 65.3 Å². The molecule has 1 fully saturated rings. The number of rotatable bonds is 3. The molecule has 0 radical (unpaired) electrons. The first-order valence-corrected chi connectivity index (χ1v) is 8.23. The van der Waals surface area contributed by atoms with E-state index in [-0.39, 0.29) is 5.91 Å². The molecule has 1 aromatic rings. The van der Waals surface area contributed by atoms with Crippen LogP contribution in [0.2, 0.25) is 0 Å². The van der Waals surface area contributed by atoms with Crippen LogP contribution in [0.5, 0.6) is 0 Å². The number of amides is 1. The molecule has 0 bridgehead atoms. The summed E-state index contributed by atoms with van der Waals surface area (Å²) in [6.45, 7) is 2.81. The maximum atomic E-state index is 12.1. The lowest BCUT2D eigenvalue weighted by Gasteiger charge is -2.21. The molecule has 0 unspecified atom stereocenters. The molecular formula is C14H18BrNOS. The van der Waals surface area contributed by atoms with Gasteiger partial charge in [0.05, 0.1) is 5.56 Å². The molecule has 1 saturated heterocycles. The molecule has 98 valence electrons. The van der Waals surface area contributed by atoms with Crippen LogP contribution < -0.4 is 5.32 Å². The lowest BCUT2D eigenvalue weighted by atomic mass is 10.0. The monoisotopic (exact) mass is 327 g/mol. The lowest BCUT2D eigenvalue weighted by molar-refractivity contribution is 0.0945. The van der Waals surface area contributed by atoms with Crippen LogP contribution in [0.25, 0.3) is 0 Å². The van der Waals surface area contributed by atoms with E-state index in [2.05, 4.69) is 21.2 Å². The number of hydrogen-bond acceptors (Lipinski definition) is 2. The van der Waals surface area contributed by atoms with Gasteiger partial charge >= 0.3 is 0 Å². The van der Waals surface area contributed by atoms with Crippen molar-refractivity contribution in [1.82, 2.24) is 5.32 Å². The van der Waals surface area contributed by atoms with Gasteiger partial charge in [0.2, 0.25) is 0 Å². The Balaban J connectivity index is 1.92. The maximum absolute atomic E-state index is 12.1. The van der Waals surface area contributed by atoms with Crippen molar-refractivity contribution in [2.45, 2.75) is 19.8 Å². The van der Waals surface area contributed by atoms with E-state index in [1.165, 1.54) is 24.3 Å². The van der Waals surface area contributed by atoms with Crippen LogP contribution in [0.3, 0.4) is 0 Å². The molecule has 2 rings (SSSR count).